The van der Waals surface area contributed by atoms with Crippen LogP contribution in [-0.2, 0) is 9.84 Å². The number of benzene rings is 1. The number of alkyl halides is 2. The predicted molar refractivity (Wildman–Crippen MR) is 70.5 cm³/mol. The smallest absolute Gasteiger partial charge is 0.387 e. The highest BCUT2D eigenvalue weighted by atomic mass is 32.2. The van der Waals surface area contributed by atoms with E-state index < -0.39 is 16.4 Å². The van der Waals surface area contributed by atoms with E-state index in [0.29, 0.717) is 13.0 Å². The minimum atomic E-state index is -2.94. The second-order valence-corrected chi connectivity index (χ2v) is 6.39. The Labute approximate surface area is 111 Å². The third-order valence-corrected chi connectivity index (χ3v) is 4.27. The van der Waals surface area contributed by atoms with Crippen LogP contribution in [0.3, 0.4) is 0 Å². The van der Waals surface area contributed by atoms with E-state index in [0.717, 1.165) is 5.69 Å². The van der Waals surface area contributed by atoms with Crippen LogP contribution in [0.4, 0.5) is 14.5 Å². The van der Waals surface area contributed by atoms with Crippen molar-refractivity contribution in [3.05, 3.63) is 24.3 Å². The molecule has 0 aliphatic heterocycles. The monoisotopic (exact) mass is 293 g/mol. The molecule has 1 aromatic carbocycles. The van der Waals surface area contributed by atoms with Crippen LogP contribution in [0.5, 0.6) is 5.75 Å². The topological polar surface area (TPSA) is 55.4 Å². The fraction of sp³-hybridized carbons (Fsp3) is 0.500. The molecule has 1 rings (SSSR count). The molecule has 0 atom stereocenters. The Balaban J connectivity index is 2.34. The Morgan fingerprint density at radius 1 is 1.26 bits per heavy atom. The summed E-state index contributed by atoms with van der Waals surface area (Å²) in [6.07, 6.45) is 0.505. The minimum Gasteiger partial charge on any atom is -0.435 e. The van der Waals surface area contributed by atoms with E-state index in [1.54, 1.807) is 19.1 Å². The average molecular weight is 293 g/mol. The number of ether oxygens (including phenoxy) is 1. The molecule has 0 aliphatic rings. The van der Waals surface area contributed by atoms with Crippen LogP contribution in [0.25, 0.3) is 0 Å². The van der Waals surface area contributed by atoms with Crippen molar-refractivity contribution in [3.8, 4) is 5.75 Å². The molecule has 1 N–H and O–H groups in total. The van der Waals surface area contributed by atoms with Crippen LogP contribution in [0.15, 0.2) is 24.3 Å². The average Bonchev–Trinajstić information content (AvgIpc) is 2.36. The van der Waals surface area contributed by atoms with E-state index in [2.05, 4.69) is 10.1 Å². The zero-order chi connectivity index (χ0) is 14.3. The van der Waals surface area contributed by atoms with Crippen LogP contribution < -0.4 is 10.1 Å². The molecule has 19 heavy (non-hydrogen) atoms. The SMILES string of the molecule is CCS(=O)(=O)CCCNc1ccc(OC(F)F)cc1. The van der Waals surface area contributed by atoms with Crippen molar-refractivity contribution in [1.82, 2.24) is 0 Å². The van der Waals surface area contributed by atoms with Gasteiger partial charge in [-0.1, -0.05) is 6.92 Å². The van der Waals surface area contributed by atoms with Crippen molar-refractivity contribution in [1.29, 1.82) is 0 Å². The van der Waals surface area contributed by atoms with Crippen LogP contribution in [-0.4, -0.2) is 33.1 Å². The first-order valence-electron chi connectivity index (χ1n) is 5.92. The normalized spacial score (nSPS) is 11.6. The Morgan fingerprint density at radius 3 is 2.42 bits per heavy atom. The van der Waals surface area contributed by atoms with Gasteiger partial charge < -0.3 is 10.1 Å². The third kappa shape index (κ3) is 6.37. The summed E-state index contributed by atoms with van der Waals surface area (Å²) in [4.78, 5) is 0. The fourth-order valence-electron chi connectivity index (χ4n) is 1.42. The number of anilines is 1. The van der Waals surface area contributed by atoms with E-state index in [1.165, 1.54) is 12.1 Å². The van der Waals surface area contributed by atoms with E-state index in [9.17, 15) is 17.2 Å². The lowest BCUT2D eigenvalue weighted by atomic mass is 10.3. The predicted octanol–water partition coefficient (Wildman–Crippen LogP) is 2.52. The zero-order valence-corrected chi connectivity index (χ0v) is 11.4. The summed E-state index contributed by atoms with van der Waals surface area (Å²) < 4.78 is 50.5. The fourth-order valence-corrected chi connectivity index (χ4v) is 2.30. The highest BCUT2D eigenvalue weighted by Gasteiger charge is 2.06. The van der Waals surface area contributed by atoms with Gasteiger partial charge in [-0.15, -0.1) is 0 Å². The Hall–Kier alpha value is -1.37. The third-order valence-electron chi connectivity index (χ3n) is 2.48. The van der Waals surface area contributed by atoms with Gasteiger partial charge in [0.15, 0.2) is 0 Å². The summed E-state index contributed by atoms with van der Waals surface area (Å²) in [5.74, 6) is 0.379. The highest BCUT2D eigenvalue weighted by Crippen LogP contribution is 2.17. The van der Waals surface area contributed by atoms with Gasteiger partial charge >= 0.3 is 6.61 Å². The van der Waals surface area contributed by atoms with Crippen molar-refractivity contribution in [2.45, 2.75) is 20.0 Å². The van der Waals surface area contributed by atoms with E-state index in [1.807, 2.05) is 0 Å². The van der Waals surface area contributed by atoms with Gasteiger partial charge in [-0.3, -0.25) is 0 Å². The molecular formula is C12H17F2NO3S. The molecule has 0 saturated carbocycles. The maximum Gasteiger partial charge on any atom is 0.387 e. The molecular weight excluding hydrogens is 276 g/mol. The van der Waals surface area contributed by atoms with Crippen LogP contribution in [0.1, 0.15) is 13.3 Å². The molecule has 0 fully saturated rings. The maximum absolute atomic E-state index is 11.9. The van der Waals surface area contributed by atoms with Gasteiger partial charge in [0, 0.05) is 18.0 Å². The van der Waals surface area contributed by atoms with Crippen molar-refractivity contribution in [2.24, 2.45) is 0 Å². The van der Waals surface area contributed by atoms with Gasteiger partial charge in [0.25, 0.3) is 0 Å². The summed E-state index contributed by atoms with van der Waals surface area (Å²) in [6, 6.07) is 6.06. The van der Waals surface area contributed by atoms with Crippen molar-refractivity contribution >= 4 is 15.5 Å². The first kappa shape index (κ1) is 15.7. The van der Waals surface area contributed by atoms with Crippen LogP contribution in [0.2, 0.25) is 0 Å². The molecule has 0 saturated heterocycles. The summed E-state index contributed by atoms with van der Waals surface area (Å²) in [7, 11) is -2.94. The largest absolute Gasteiger partial charge is 0.435 e. The molecule has 0 bridgehead atoms. The minimum absolute atomic E-state index is 0.0918. The lowest BCUT2D eigenvalue weighted by molar-refractivity contribution is -0.0498. The Bertz CT molecular complexity index is 474. The number of nitrogens with one attached hydrogen (secondary N) is 1. The number of hydrogen-bond donors (Lipinski definition) is 1. The first-order valence-corrected chi connectivity index (χ1v) is 7.74. The van der Waals surface area contributed by atoms with E-state index in [4.69, 9.17) is 0 Å². The molecule has 7 heteroatoms. The van der Waals surface area contributed by atoms with Crippen LogP contribution >= 0.6 is 0 Å². The second-order valence-electron chi connectivity index (χ2n) is 3.92. The quantitative estimate of drug-likeness (QED) is 0.748. The summed E-state index contributed by atoms with van der Waals surface area (Å²) in [5.41, 5.74) is 0.732. The second kappa shape index (κ2) is 7.28. The highest BCUT2D eigenvalue weighted by molar-refractivity contribution is 7.91. The molecule has 0 aliphatic carbocycles. The molecule has 4 nitrogen and oxygen atoms in total. The van der Waals surface area contributed by atoms with E-state index >= 15 is 0 Å². The number of halogens is 2. The molecule has 0 unspecified atom stereocenters. The summed E-state index contributed by atoms with van der Waals surface area (Å²) >= 11 is 0. The molecule has 0 amide bonds. The molecule has 0 heterocycles. The van der Waals surface area contributed by atoms with Gasteiger partial charge in [0.05, 0.1) is 5.75 Å². The van der Waals surface area contributed by atoms with Gasteiger partial charge in [0.1, 0.15) is 15.6 Å². The molecule has 108 valence electrons. The Morgan fingerprint density at radius 2 is 1.89 bits per heavy atom. The molecule has 0 spiro atoms. The molecule has 0 aromatic heterocycles. The van der Waals surface area contributed by atoms with Gasteiger partial charge in [-0.25, -0.2) is 8.42 Å². The lowest BCUT2D eigenvalue weighted by Gasteiger charge is -2.08. The van der Waals surface area contributed by atoms with Gasteiger partial charge in [-0.05, 0) is 30.7 Å². The first-order chi connectivity index (χ1) is 8.93. The number of rotatable bonds is 8. The van der Waals surface area contributed by atoms with Gasteiger partial charge in [0.2, 0.25) is 0 Å². The molecule has 1 aromatic rings. The van der Waals surface area contributed by atoms with Gasteiger partial charge in [-0.2, -0.15) is 8.78 Å². The van der Waals surface area contributed by atoms with Crippen molar-refractivity contribution in [3.63, 3.8) is 0 Å². The lowest BCUT2D eigenvalue weighted by Crippen LogP contribution is -2.12. The zero-order valence-electron chi connectivity index (χ0n) is 10.6. The number of sulfone groups is 1. The Kier molecular flexibility index (Phi) is 6.01. The summed E-state index contributed by atoms with van der Waals surface area (Å²) in [5, 5.41) is 3.01. The standard InChI is InChI=1S/C12H17F2NO3S/c1-2-19(16,17)9-3-8-15-10-4-6-11(7-5-10)18-12(13)14/h4-7,12,15H,2-3,8-9H2,1H3. The van der Waals surface area contributed by atoms with E-state index in [-0.39, 0.29) is 17.3 Å². The molecule has 0 radical (unpaired) electrons. The summed E-state index contributed by atoms with van der Waals surface area (Å²) in [6.45, 7) is -0.711. The maximum atomic E-state index is 11.9. The van der Waals surface area contributed by atoms with Crippen molar-refractivity contribution < 1.29 is 21.9 Å². The number of hydrogen-bond acceptors (Lipinski definition) is 4. The van der Waals surface area contributed by atoms with Crippen molar-refractivity contribution in [2.75, 3.05) is 23.4 Å². The van der Waals surface area contributed by atoms with Crippen LogP contribution in [0, 0.1) is 0 Å².